The smallest absolute Gasteiger partial charge is 0.105 e. The van der Waals surface area contributed by atoms with E-state index in [1.165, 1.54) is 0 Å². The SMILES string of the molecule is Cc1ccc(Br)cc1Nc1ccc(C(N)=S)c(Cl)c1. The first kappa shape index (κ1) is 14.3. The van der Waals surface area contributed by atoms with E-state index in [1.54, 1.807) is 0 Å². The number of halogens is 2. The van der Waals surface area contributed by atoms with Gasteiger partial charge < -0.3 is 11.1 Å². The van der Waals surface area contributed by atoms with Crippen molar-refractivity contribution < 1.29 is 0 Å². The Hall–Kier alpha value is -1.10. The molecule has 0 unspecified atom stereocenters. The van der Waals surface area contributed by atoms with Crippen LogP contribution >= 0.6 is 39.7 Å². The molecule has 0 aromatic heterocycles. The van der Waals surface area contributed by atoms with E-state index in [4.69, 9.17) is 29.6 Å². The Morgan fingerprint density at radius 3 is 2.63 bits per heavy atom. The van der Waals surface area contributed by atoms with Crippen molar-refractivity contribution in [2.45, 2.75) is 6.92 Å². The van der Waals surface area contributed by atoms with Crippen LogP contribution in [0, 0.1) is 6.92 Å². The van der Waals surface area contributed by atoms with Crippen LogP contribution in [0.15, 0.2) is 40.9 Å². The molecule has 5 heteroatoms. The lowest BCUT2D eigenvalue weighted by atomic mass is 10.1. The summed E-state index contributed by atoms with van der Waals surface area (Å²) in [5.74, 6) is 0. The van der Waals surface area contributed by atoms with Gasteiger partial charge in [-0.15, -0.1) is 0 Å². The first-order valence-electron chi connectivity index (χ1n) is 5.60. The van der Waals surface area contributed by atoms with Crippen LogP contribution in [0.4, 0.5) is 11.4 Å². The molecule has 2 rings (SSSR count). The molecular formula is C14H12BrClN2S. The second-order valence-corrected chi connectivity index (χ2v) is 5.91. The molecular weight excluding hydrogens is 344 g/mol. The number of aryl methyl sites for hydroxylation is 1. The van der Waals surface area contributed by atoms with Crippen LogP contribution in [0.1, 0.15) is 11.1 Å². The van der Waals surface area contributed by atoms with Gasteiger partial charge in [-0.25, -0.2) is 0 Å². The number of hydrogen-bond acceptors (Lipinski definition) is 2. The molecule has 19 heavy (non-hydrogen) atoms. The van der Waals surface area contributed by atoms with Crippen molar-refractivity contribution >= 4 is 56.1 Å². The van der Waals surface area contributed by atoms with Gasteiger partial charge in [0.1, 0.15) is 4.99 Å². The number of nitrogens with two attached hydrogens (primary N) is 1. The molecule has 2 aromatic rings. The molecule has 0 saturated carbocycles. The average molecular weight is 356 g/mol. The van der Waals surface area contributed by atoms with Crippen LogP contribution in [-0.4, -0.2) is 4.99 Å². The largest absolute Gasteiger partial charge is 0.389 e. The number of benzene rings is 2. The highest BCUT2D eigenvalue weighted by atomic mass is 79.9. The minimum Gasteiger partial charge on any atom is -0.389 e. The maximum Gasteiger partial charge on any atom is 0.105 e. The first-order chi connectivity index (χ1) is 8.97. The lowest BCUT2D eigenvalue weighted by Gasteiger charge is -2.11. The summed E-state index contributed by atoms with van der Waals surface area (Å²) in [4.78, 5) is 0.301. The van der Waals surface area contributed by atoms with Gasteiger partial charge in [0.25, 0.3) is 0 Å². The van der Waals surface area contributed by atoms with E-state index in [0.29, 0.717) is 15.6 Å². The fraction of sp³-hybridized carbons (Fsp3) is 0.0714. The fourth-order valence-corrected chi connectivity index (χ4v) is 2.55. The van der Waals surface area contributed by atoms with Gasteiger partial charge in [-0.2, -0.15) is 0 Å². The van der Waals surface area contributed by atoms with Gasteiger partial charge in [-0.05, 0) is 42.8 Å². The lowest BCUT2D eigenvalue weighted by Crippen LogP contribution is -2.10. The highest BCUT2D eigenvalue weighted by molar-refractivity contribution is 9.10. The molecule has 0 aliphatic heterocycles. The highest BCUT2D eigenvalue weighted by Gasteiger charge is 2.05. The molecule has 2 aromatic carbocycles. The van der Waals surface area contributed by atoms with E-state index < -0.39 is 0 Å². The maximum absolute atomic E-state index is 6.14. The molecule has 0 bridgehead atoms. The van der Waals surface area contributed by atoms with Crippen LogP contribution in [0.2, 0.25) is 5.02 Å². The lowest BCUT2D eigenvalue weighted by molar-refractivity contribution is 1.42. The molecule has 0 aliphatic rings. The van der Waals surface area contributed by atoms with Crippen molar-refractivity contribution in [2.24, 2.45) is 5.73 Å². The third-order valence-electron chi connectivity index (χ3n) is 2.71. The molecule has 3 N–H and O–H groups in total. The van der Waals surface area contributed by atoms with Crippen molar-refractivity contribution in [1.29, 1.82) is 0 Å². The Morgan fingerprint density at radius 1 is 1.26 bits per heavy atom. The number of nitrogens with one attached hydrogen (secondary N) is 1. The average Bonchev–Trinajstić information content (AvgIpc) is 2.33. The summed E-state index contributed by atoms with van der Waals surface area (Å²) < 4.78 is 1.02. The zero-order valence-corrected chi connectivity index (χ0v) is 13.4. The number of anilines is 2. The summed E-state index contributed by atoms with van der Waals surface area (Å²) >= 11 is 14.5. The second kappa shape index (κ2) is 5.90. The van der Waals surface area contributed by atoms with E-state index in [-0.39, 0.29) is 0 Å². The molecule has 2 nitrogen and oxygen atoms in total. The van der Waals surface area contributed by atoms with Crippen molar-refractivity contribution in [2.75, 3.05) is 5.32 Å². The predicted octanol–water partition coefficient (Wildman–Crippen LogP) is 4.79. The van der Waals surface area contributed by atoms with Crippen molar-refractivity contribution in [1.82, 2.24) is 0 Å². The van der Waals surface area contributed by atoms with Crippen LogP contribution in [-0.2, 0) is 0 Å². The van der Waals surface area contributed by atoms with Crippen LogP contribution in [0.25, 0.3) is 0 Å². The normalized spacial score (nSPS) is 10.3. The van der Waals surface area contributed by atoms with Gasteiger partial charge in [0.05, 0.1) is 5.02 Å². The summed E-state index contributed by atoms with van der Waals surface area (Å²) in [6, 6.07) is 11.6. The highest BCUT2D eigenvalue weighted by Crippen LogP contribution is 2.27. The third kappa shape index (κ3) is 3.47. The fourth-order valence-electron chi connectivity index (χ4n) is 1.68. The predicted molar refractivity (Wildman–Crippen MR) is 89.5 cm³/mol. The van der Waals surface area contributed by atoms with Gasteiger partial charge in [0.15, 0.2) is 0 Å². The van der Waals surface area contributed by atoms with Gasteiger partial charge in [0.2, 0.25) is 0 Å². The second-order valence-electron chi connectivity index (χ2n) is 4.14. The monoisotopic (exact) mass is 354 g/mol. The Balaban J connectivity index is 2.31. The van der Waals surface area contributed by atoms with Gasteiger partial charge in [-0.3, -0.25) is 0 Å². The van der Waals surface area contributed by atoms with Gasteiger partial charge in [0, 0.05) is 21.4 Å². The molecule has 0 aliphatic carbocycles. The van der Waals surface area contributed by atoms with Crippen molar-refractivity contribution in [3.05, 3.63) is 57.0 Å². The standard InChI is InChI=1S/C14H12BrClN2S/c1-8-2-3-9(15)6-13(8)18-10-4-5-11(14(17)19)12(16)7-10/h2-7,18H,1H3,(H2,17,19). The number of thiocarbonyl (C=S) groups is 1. The minimum absolute atomic E-state index is 0.301. The molecule has 0 atom stereocenters. The van der Waals surface area contributed by atoms with Crippen LogP contribution in [0.5, 0.6) is 0 Å². The molecule has 0 saturated heterocycles. The minimum atomic E-state index is 0.301. The quantitative estimate of drug-likeness (QED) is 0.778. The zero-order valence-electron chi connectivity index (χ0n) is 10.2. The van der Waals surface area contributed by atoms with E-state index >= 15 is 0 Å². The molecule has 98 valence electrons. The molecule has 0 spiro atoms. The summed E-state index contributed by atoms with van der Waals surface area (Å²) in [5, 5.41) is 3.87. The van der Waals surface area contributed by atoms with Crippen molar-refractivity contribution in [3.63, 3.8) is 0 Å². The number of hydrogen-bond donors (Lipinski definition) is 2. The van der Waals surface area contributed by atoms with Gasteiger partial charge >= 0.3 is 0 Å². The Morgan fingerprint density at radius 2 is 2.00 bits per heavy atom. The third-order valence-corrected chi connectivity index (χ3v) is 3.74. The van der Waals surface area contributed by atoms with E-state index in [1.807, 2.05) is 43.3 Å². The Bertz CT molecular complexity index is 643. The molecule has 0 amide bonds. The van der Waals surface area contributed by atoms with E-state index in [2.05, 4.69) is 21.2 Å². The van der Waals surface area contributed by atoms with E-state index in [9.17, 15) is 0 Å². The van der Waals surface area contributed by atoms with Crippen LogP contribution in [0.3, 0.4) is 0 Å². The summed E-state index contributed by atoms with van der Waals surface area (Å²) in [6.45, 7) is 2.04. The summed E-state index contributed by atoms with van der Waals surface area (Å²) in [6.07, 6.45) is 0. The molecule has 0 radical (unpaired) electrons. The first-order valence-corrected chi connectivity index (χ1v) is 7.18. The maximum atomic E-state index is 6.14. The topological polar surface area (TPSA) is 38.0 Å². The van der Waals surface area contributed by atoms with Crippen molar-refractivity contribution in [3.8, 4) is 0 Å². The molecule has 0 heterocycles. The molecule has 0 fully saturated rings. The summed E-state index contributed by atoms with van der Waals surface area (Å²) in [7, 11) is 0. The summed E-state index contributed by atoms with van der Waals surface area (Å²) in [5.41, 5.74) is 9.34. The van der Waals surface area contributed by atoms with Gasteiger partial charge in [-0.1, -0.05) is 45.8 Å². The number of rotatable bonds is 3. The Labute approximate surface area is 131 Å². The van der Waals surface area contributed by atoms with E-state index in [0.717, 1.165) is 21.4 Å². The zero-order chi connectivity index (χ0) is 14.0. The van der Waals surface area contributed by atoms with Crippen LogP contribution < -0.4 is 11.1 Å². The Kier molecular flexibility index (Phi) is 4.45.